The van der Waals surface area contributed by atoms with Crippen LogP contribution in [0, 0.1) is 12.7 Å². The number of aryl methyl sites for hydroxylation is 1. The molecule has 1 atom stereocenters. The Morgan fingerprint density at radius 3 is 2.47 bits per heavy atom. The average Bonchev–Trinajstić information content (AvgIpc) is 2.25. The van der Waals surface area contributed by atoms with E-state index in [9.17, 15) is 4.39 Å². The first-order valence-electron chi connectivity index (χ1n) is 6.21. The van der Waals surface area contributed by atoms with Gasteiger partial charge in [-0.15, -0.1) is 0 Å². The highest BCUT2D eigenvalue weighted by Crippen LogP contribution is 2.09. The van der Waals surface area contributed by atoms with Crippen LogP contribution in [0.5, 0.6) is 0 Å². The third-order valence-electron chi connectivity index (χ3n) is 2.68. The normalized spacial score (nSPS) is 13.1. The molecular weight excluding hydrogens is 215 g/mol. The smallest absolute Gasteiger partial charge is 0.127 e. The number of benzene rings is 1. The second-order valence-corrected chi connectivity index (χ2v) is 4.94. The van der Waals surface area contributed by atoms with Crippen LogP contribution in [0.15, 0.2) is 18.2 Å². The van der Waals surface area contributed by atoms with Crippen LogP contribution in [0.4, 0.5) is 4.39 Å². The molecule has 1 aromatic rings. The largest absolute Gasteiger partial charge is 0.313 e. The summed E-state index contributed by atoms with van der Waals surface area (Å²) in [6.45, 7) is 9.70. The Labute approximate surface area is 104 Å². The van der Waals surface area contributed by atoms with Gasteiger partial charge < -0.3 is 10.6 Å². The van der Waals surface area contributed by atoms with Gasteiger partial charge in [-0.05, 0) is 25.5 Å². The van der Waals surface area contributed by atoms with E-state index in [0.717, 1.165) is 17.7 Å². The molecule has 2 nitrogen and oxygen atoms in total. The van der Waals surface area contributed by atoms with Crippen molar-refractivity contribution in [2.24, 2.45) is 0 Å². The monoisotopic (exact) mass is 238 g/mol. The minimum atomic E-state index is -0.124. The minimum Gasteiger partial charge on any atom is -0.313 e. The van der Waals surface area contributed by atoms with Crippen molar-refractivity contribution < 1.29 is 4.39 Å². The third kappa shape index (κ3) is 5.29. The maximum atomic E-state index is 13.6. The van der Waals surface area contributed by atoms with Crippen molar-refractivity contribution in [2.45, 2.75) is 46.3 Å². The van der Waals surface area contributed by atoms with Crippen molar-refractivity contribution >= 4 is 0 Å². The standard InChI is InChI=1S/C14H23FN2/c1-10(2)16-8-12(4)17-9-13-6-5-11(3)7-14(13)15/h5-7,10,12,16-17H,8-9H2,1-4H3. The Bertz CT molecular complexity index is 350. The van der Waals surface area contributed by atoms with Gasteiger partial charge in [0.15, 0.2) is 0 Å². The highest BCUT2D eigenvalue weighted by atomic mass is 19.1. The van der Waals surface area contributed by atoms with Gasteiger partial charge in [0.25, 0.3) is 0 Å². The molecule has 0 aliphatic heterocycles. The second-order valence-electron chi connectivity index (χ2n) is 4.94. The first-order valence-corrected chi connectivity index (χ1v) is 6.21. The van der Waals surface area contributed by atoms with Crippen LogP contribution in [0.25, 0.3) is 0 Å². The third-order valence-corrected chi connectivity index (χ3v) is 2.68. The molecule has 0 spiro atoms. The number of nitrogens with one attached hydrogen (secondary N) is 2. The fourth-order valence-electron chi connectivity index (χ4n) is 1.56. The van der Waals surface area contributed by atoms with Crippen LogP contribution in [0.1, 0.15) is 31.9 Å². The predicted molar refractivity (Wildman–Crippen MR) is 70.6 cm³/mol. The molecule has 0 aromatic heterocycles. The molecule has 0 saturated carbocycles. The van der Waals surface area contributed by atoms with Gasteiger partial charge in [0.2, 0.25) is 0 Å². The van der Waals surface area contributed by atoms with Crippen molar-refractivity contribution in [2.75, 3.05) is 6.54 Å². The number of halogens is 1. The summed E-state index contributed by atoms with van der Waals surface area (Å²) in [5.41, 5.74) is 1.69. The van der Waals surface area contributed by atoms with E-state index in [1.807, 2.05) is 19.1 Å². The van der Waals surface area contributed by atoms with Gasteiger partial charge in [0, 0.05) is 30.7 Å². The highest BCUT2D eigenvalue weighted by molar-refractivity contribution is 5.23. The average molecular weight is 238 g/mol. The van der Waals surface area contributed by atoms with Crippen LogP contribution in [-0.4, -0.2) is 18.6 Å². The Hall–Kier alpha value is -0.930. The lowest BCUT2D eigenvalue weighted by Gasteiger charge is -2.16. The first-order chi connectivity index (χ1) is 7.99. The van der Waals surface area contributed by atoms with Crippen LogP contribution in [0.3, 0.4) is 0 Å². The van der Waals surface area contributed by atoms with Crippen molar-refractivity contribution in [3.8, 4) is 0 Å². The van der Waals surface area contributed by atoms with Crippen LogP contribution >= 0.6 is 0 Å². The zero-order valence-electron chi connectivity index (χ0n) is 11.2. The molecule has 1 rings (SSSR count). The fourth-order valence-corrected chi connectivity index (χ4v) is 1.56. The maximum absolute atomic E-state index is 13.6. The molecule has 1 aromatic carbocycles. The SMILES string of the molecule is Cc1ccc(CNC(C)CNC(C)C)c(F)c1. The van der Waals surface area contributed by atoms with Crippen molar-refractivity contribution in [3.63, 3.8) is 0 Å². The fraction of sp³-hybridized carbons (Fsp3) is 0.571. The maximum Gasteiger partial charge on any atom is 0.127 e. The summed E-state index contributed by atoms with van der Waals surface area (Å²) in [7, 11) is 0. The van der Waals surface area contributed by atoms with E-state index in [1.54, 1.807) is 6.07 Å². The molecule has 0 heterocycles. The summed E-state index contributed by atoms with van der Waals surface area (Å²) in [5, 5.41) is 6.66. The van der Waals surface area contributed by atoms with E-state index in [0.29, 0.717) is 18.6 Å². The zero-order chi connectivity index (χ0) is 12.8. The van der Waals surface area contributed by atoms with Crippen molar-refractivity contribution in [3.05, 3.63) is 35.1 Å². The van der Waals surface area contributed by atoms with Gasteiger partial charge >= 0.3 is 0 Å². The molecule has 0 bridgehead atoms. The minimum absolute atomic E-state index is 0.124. The van der Waals surface area contributed by atoms with Crippen molar-refractivity contribution in [1.82, 2.24) is 10.6 Å². The van der Waals surface area contributed by atoms with E-state index in [-0.39, 0.29) is 5.82 Å². The molecule has 0 fully saturated rings. The molecule has 0 aliphatic rings. The summed E-state index contributed by atoms with van der Waals surface area (Å²) in [6.07, 6.45) is 0. The summed E-state index contributed by atoms with van der Waals surface area (Å²) < 4.78 is 13.6. The number of hydrogen-bond acceptors (Lipinski definition) is 2. The Morgan fingerprint density at radius 1 is 1.18 bits per heavy atom. The van der Waals surface area contributed by atoms with E-state index in [1.165, 1.54) is 0 Å². The molecular formula is C14H23FN2. The summed E-state index contributed by atoms with van der Waals surface area (Å²) in [5.74, 6) is -0.124. The molecule has 17 heavy (non-hydrogen) atoms. The first kappa shape index (κ1) is 14.1. The molecule has 3 heteroatoms. The Morgan fingerprint density at radius 2 is 1.88 bits per heavy atom. The lowest BCUT2D eigenvalue weighted by Crippen LogP contribution is -2.38. The molecule has 0 aliphatic carbocycles. The number of rotatable bonds is 6. The van der Waals surface area contributed by atoms with Gasteiger partial charge in [0.05, 0.1) is 0 Å². The van der Waals surface area contributed by atoms with Gasteiger partial charge in [-0.25, -0.2) is 4.39 Å². The highest BCUT2D eigenvalue weighted by Gasteiger charge is 2.05. The summed E-state index contributed by atoms with van der Waals surface area (Å²) in [6, 6.07) is 6.18. The van der Waals surface area contributed by atoms with Gasteiger partial charge in [-0.1, -0.05) is 26.0 Å². The van der Waals surface area contributed by atoms with E-state index in [2.05, 4.69) is 31.4 Å². The van der Waals surface area contributed by atoms with E-state index < -0.39 is 0 Å². The number of hydrogen-bond donors (Lipinski definition) is 2. The zero-order valence-corrected chi connectivity index (χ0v) is 11.2. The van der Waals surface area contributed by atoms with Crippen LogP contribution in [0.2, 0.25) is 0 Å². The summed E-state index contributed by atoms with van der Waals surface area (Å²) in [4.78, 5) is 0. The predicted octanol–water partition coefficient (Wildman–Crippen LogP) is 2.61. The summed E-state index contributed by atoms with van der Waals surface area (Å²) >= 11 is 0. The molecule has 2 N–H and O–H groups in total. The molecule has 0 amide bonds. The van der Waals surface area contributed by atoms with Crippen molar-refractivity contribution in [1.29, 1.82) is 0 Å². The molecule has 96 valence electrons. The Balaban J connectivity index is 2.39. The second kappa shape index (κ2) is 6.72. The van der Waals surface area contributed by atoms with Crippen LogP contribution < -0.4 is 10.6 Å². The topological polar surface area (TPSA) is 24.1 Å². The van der Waals surface area contributed by atoms with Gasteiger partial charge in [0.1, 0.15) is 5.82 Å². The molecule has 0 radical (unpaired) electrons. The van der Waals surface area contributed by atoms with E-state index in [4.69, 9.17) is 0 Å². The lowest BCUT2D eigenvalue weighted by atomic mass is 10.1. The van der Waals surface area contributed by atoms with Gasteiger partial charge in [-0.2, -0.15) is 0 Å². The lowest BCUT2D eigenvalue weighted by molar-refractivity contribution is 0.468. The quantitative estimate of drug-likeness (QED) is 0.796. The molecule has 1 unspecified atom stereocenters. The van der Waals surface area contributed by atoms with Gasteiger partial charge in [-0.3, -0.25) is 0 Å². The van der Waals surface area contributed by atoms with E-state index >= 15 is 0 Å². The Kier molecular flexibility index (Phi) is 5.59. The molecule has 0 saturated heterocycles. The van der Waals surface area contributed by atoms with Crippen LogP contribution in [-0.2, 0) is 6.54 Å².